The molecule has 2 aromatic rings. The van der Waals surface area contributed by atoms with E-state index in [-0.39, 0.29) is 23.6 Å². The smallest absolute Gasteiger partial charge is 0.251 e. The monoisotopic (exact) mass is 379 g/mol. The highest BCUT2D eigenvalue weighted by molar-refractivity contribution is 6.01. The zero-order chi connectivity index (χ0) is 20.1. The van der Waals surface area contributed by atoms with Crippen molar-refractivity contribution in [1.29, 1.82) is 0 Å². The summed E-state index contributed by atoms with van der Waals surface area (Å²) in [4.78, 5) is 36.9. The topological polar surface area (TPSA) is 87.3 Å². The van der Waals surface area contributed by atoms with Gasteiger partial charge in [0.05, 0.1) is 0 Å². The summed E-state index contributed by atoms with van der Waals surface area (Å²) in [7, 11) is 0. The normalized spacial score (nSPS) is 15.0. The minimum Gasteiger partial charge on any atom is -0.340 e. The van der Waals surface area contributed by atoms with Gasteiger partial charge in [-0.05, 0) is 48.2 Å². The Labute approximate surface area is 164 Å². The van der Waals surface area contributed by atoms with Crippen molar-refractivity contribution in [2.75, 3.05) is 10.6 Å². The summed E-state index contributed by atoms with van der Waals surface area (Å²) in [6.07, 6.45) is 1.83. The number of benzene rings is 2. The lowest BCUT2D eigenvalue weighted by molar-refractivity contribution is -0.119. The summed E-state index contributed by atoms with van der Waals surface area (Å²) in [6.45, 7) is 3.93. The molecule has 28 heavy (non-hydrogen) atoms. The van der Waals surface area contributed by atoms with Crippen molar-refractivity contribution in [2.24, 2.45) is 5.92 Å². The molecule has 0 saturated heterocycles. The number of nitrogens with one attached hydrogen (secondary N) is 3. The number of amides is 3. The number of hydrogen-bond acceptors (Lipinski definition) is 3. The van der Waals surface area contributed by atoms with Gasteiger partial charge in [0, 0.05) is 23.4 Å². The molecule has 0 bridgehead atoms. The predicted octanol–water partition coefficient (Wildman–Crippen LogP) is 3.35. The number of carbonyl (C=O) groups is 3. The molecular formula is C22H25N3O3. The van der Waals surface area contributed by atoms with Crippen LogP contribution in [0.5, 0.6) is 0 Å². The van der Waals surface area contributed by atoms with Crippen LogP contribution in [0.15, 0.2) is 48.5 Å². The Morgan fingerprint density at radius 2 is 1.86 bits per heavy atom. The lowest BCUT2D eigenvalue weighted by atomic mass is 9.97. The summed E-state index contributed by atoms with van der Waals surface area (Å²) >= 11 is 0. The predicted molar refractivity (Wildman–Crippen MR) is 109 cm³/mol. The van der Waals surface area contributed by atoms with E-state index in [1.54, 1.807) is 36.4 Å². The van der Waals surface area contributed by atoms with Crippen LogP contribution in [0.4, 0.5) is 11.4 Å². The summed E-state index contributed by atoms with van der Waals surface area (Å²) in [6, 6.07) is 13.6. The summed E-state index contributed by atoms with van der Waals surface area (Å²) in [5.41, 5.74) is 2.95. The average molecular weight is 379 g/mol. The molecular weight excluding hydrogens is 354 g/mol. The van der Waals surface area contributed by atoms with Crippen molar-refractivity contribution in [3.05, 3.63) is 59.7 Å². The first-order chi connectivity index (χ1) is 13.5. The largest absolute Gasteiger partial charge is 0.340 e. The van der Waals surface area contributed by atoms with Crippen LogP contribution in [0.1, 0.15) is 42.6 Å². The van der Waals surface area contributed by atoms with Crippen LogP contribution in [-0.2, 0) is 16.0 Å². The van der Waals surface area contributed by atoms with E-state index in [1.807, 2.05) is 26.0 Å². The standard InChI is InChI=1S/C22H25N3O3/c1-3-14(2)20(25-21(27)15-7-5-4-6-8-15)22(28)23-17-10-11-18-16(13-17)9-12-19(26)24-18/h4-8,10-11,13-14,20H,3,9,12H2,1-2H3,(H,23,28)(H,24,26)(H,25,27). The van der Waals surface area contributed by atoms with E-state index in [0.717, 1.165) is 17.7 Å². The molecule has 3 amide bonds. The Kier molecular flexibility index (Phi) is 6.09. The fourth-order valence-corrected chi connectivity index (χ4v) is 3.20. The van der Waals surface area contributed by atoms with Gasteiger partial charge in [0.25, 0.3) is 5.91 Å². The average Bonchev–Trinajstić information content (AvgIpc) is 2.72. The van der Waals surface area contributed by atoms with Crippen LogP contribution in [-0.4, -0.2) is 23.8 Å². The quantitative estimate of drug-likeness (QED) is 0.719. The Hall–Kier alpha value is -3.15. The van der Waals surface area contributed by atoms with Gasteiger partial charge >= 0.3 is 0 Å². The molecule has 3 rings (SSSR count). The summed E-state index contributed by atoms with van der Waals surface area (Å²) in [5, 5.41) is 8.60. The number of rotatable bonds is 6. The van der Waals surface area contributed by atoms with Crippen LogP contribution in [0.2, 0.25) is 0 Å². The Morgan fingerprint density at radius 1 is 1.11 bits per heavy atom. The van der Waals surface area contributed by atoms with Crippen molar-refractivity contribution in [2.45, 2.75) is 39.2 Å². The molecule has 2 aromatic carbocycles. The molecule has 1 aliphatic rings. The van der Waals surface area contributed by atoms with Crippen LogP contribution in [0.25, 0.3) is 0 Å². The molecule has 0 spiro atoms. The second kappa shape index (κ2) is 8.69. The number of aryl methyl sites for hydroxylation is 1. The first kappa shape index (κ1) is 19.6. The van der Waals surface area contributed by atoms with Gasteiger partial charge < -0.3 is 16.0 Å². The lowest BCUT2D eigenvalue weighted by Gasteiger charge is -2.24. The van der Waals surface area contributed by atoms with Gasteiger partial charge in [0.15, 0.2) is 0 Å². The van der Waals surface area contributed by atoms with E-state index < -0.39 is 6.04 Å². The SMILES string of the molecule is CCC(C)C(NC(=O)c1ccccc1)C(=O)Nc1ccc2c(c1)CCC(=O)N2. The highest BCUT2D eigenvalue weighted by Crippen LogP contribution is 2.26. The first-order valence-electron chi connectivity index (χ1n) is 9.57. The summed E-state index contributed by atoms with van der Waals surface area (Å²) < 4.78 is 0. The Balaban J connectivity index is 1.73. The number of anilines is 2. The molecule has 0 fully saturated rings. The van der Waals surface area contributed by atoms with Gasteiger partial charge in [0.1, 0.15) is 6.04 Å². The minimum absolute atomic E-state index is 0.00439. The van der Waals surface area contributed by atoms with Crippen molar-refractivity contribution >= 4 is 29.1 Å². The van der Waals surface area contributed by atoms with Crippen LogP contribution in [0, 0.1) is 5.92 Å². The number of hydrogen-bond donors (Lipinski definition) is 3. The fourth-order valence-electron chi connectivity index (χ4n) is 3.20. The molecule has 1 aliphatic heterocycles. The van der Waals surface area contributed by atoms with E-state index in [0.29, 0.717) is 24.1 Å². The molecule has 6 heteroatoms. The second-order valence-electron chi connectivity index (χ2n) is 7.11. The lowest BCUT2D eigenvalue weighted by Crippen LogP contribution is -2.47. The molecule has 2 atom stereocenters. The molecule has 0 aliphatic carbocycles. The maximum Gasteiger partial charge on any atom is 0.251 e. The molecule has 2 unspecified atom stereocenters. The van der Waals surface area contributed by atoms with E-state index in [4.69, 9.17) is 0 Å². The van der Waals surface area contributed by atoms with Crippen LogP contribution >= 0.6 is 0 Å². The molecule has 6 nitrogen and oxygen atoms in total. The van der Waals surface area contributed by atoms with Gasteiger partial charge in [-0.3, -0.25) is 14.4 Å². The molecule has 0 saturated carbocycles. The van der Waals surface area contributed by atoms with Crippen molar-refractivity contribution in [3.8, 4) is 0 Å². The molecule has 0 radical (unpaired) electrons. The highest BCUT2D eigenvalue weighted by Gasteiger charge is 2.26. The molecule has 1 heterocycles. The van der Waals surface area contributed by atoms with Gasteiger partial charge in [-0.25, -0.2) is 0 Å². The minimum atomic E-state index is -0.645. The number of carbonyl (C=O) groups excluding carboxylic acids is 3. The Morgan fingerprint density at radius 3 is 2.57 bits per heavy atom. The zero-order valence-corrected chi connectivity index (χ0v) is 16.1. The third-order valence-electron chi connectivity index (χ3n) is 5.09. The van der Waals surface area contributed by atoms with Gasteiger partial charge in [-0.2, -0.15) is 0 Å². The van der Waals surface area contributed by atoms with E-state index >= 15 is 0 Å². The Bertz CT molecular complexity index is 880. The number of fused-ring (bicyclic) bond motifs is 1. The van der Waals surface area contributed by atoms with E-state index in [1.165, 1.54) is 0 Å². The molecule has 0 aromatic heterocycles. The second-order valence-corrected chi connectivity index (χ2v) is 7.11. The third kappa shape index (κ3) is 4.57. The van der Waals surface area contributed by atoms with Crippen LogP contribution < -0.4 is 16.0 Å². The fraction of sp³-hybridized carbons (Fsp3) is 0.318. The van der Waals surface area contributed by atoms with Crippen LogP contribution in [0.3, 0.4) is 0 Å². The summed E-state index contributed by atoms with van der Waals surface area (Å²) in [5.74, 6) is -0.540. The van der Waals surface area contributed by atoms with Crippen molar-refractivity contribution in [3.63, 3.8) is 0 Å². The molecule has 146 valence electrons. The van der Waals surface area contributed by atoms with E-state index in [9.17, 15) is 14.4 Å². The molecule has 3 N–H and O–H groups in total. The van der Waals surface area contributed by atoms with Crippen molar-refractivity contribution < 1.29 is 14.4 Å². The first-order valence-corrected chi connectivity index (χ1v) is 9.57. The van der Waals surface area contributed by atoms with Gasteiger partial charge in [-0.1, -0.05) is 38.5 Å². The zero-order valence-electron chi connectivity index (χ0n) is 16.1. The maximum absolute atomic E-state index is 12.9. The van der Waals surface area contributed by atoms with E-state index in [2.05, 4.69) is 16.0 Å². The van der Waals surface area contributed by atoms with Gasteiger partial charge in [-0.15, -0.1) is 0 Å². The van der Waals surface area contributed by atoms with Gasteiger partial charge in [0.2, 0.25) is 11.8 Å². The highest BCUT2D eigenvalue weighted by atomic mass is 16.2. The van der Waals surface area contributed by atoms with Crippen molar-refractivity contribution in [1.82, 2.24) is 5.32 Å². The third-order valence-corrected chi connectivity index (χ3v) is 5.09. The maximum atomic E-state index is 12.9.